The highest BCUT2D eigenvalue weighted by Crippen LogP contribution is 1.94. The van der Waals surface area contributed by atoms with Crippen molar-refractivity contribution in [2.75, 3.05) is 5.73 Å². The summed E-state index contributed by atoms with van der Waals surface area (Å²) < 4.78 is 1.26. The third-order valence-corrected chi connectivity index (χ3v) is 0.959. The fourth-order valence-electron chi connectivity index (χ4n) is 0.604. The second kappa shape index (κ2) is 2.38. The molecule has 0 spiro atoms. The third-order valence-electron chi connectivity index (χ3n) is 0.959. The van der Waals surface area contributed by atoms with Crippen LogP contribution < -0.4 is 5.73 Å². The molecule has 0 saturated carbocycles. The summed E-state index contributed by atoms with van der Waals surface area (Å²) in [7, 11) is 0. The van der Waals surface area contributed by atoms with Gasteiger partial charge in [-0.15, -0.1) is 0 Å². The number of carboxylic acid groups (broad SMARTS) is 1. The molecule has 3 N–H and O–H groups in total. The van der Waals surface area contributed by atoms with Crippen molar-refractivity contribution >= 4 is 11.8 Å². The molecule has 0 amide bonds. The van der Waals surface area contributed by atoms with Crippen LogP contribution in [-0.4, -0.2) is 20.9 Å². The largest absolute Gasteiger partial charge is 0.480 e. The maximum Gasteiger partial charge on any atom is 0.325 e. The summed E-state index contributed by atoms with van der Waals surface area (Å²) in [5.41, 5.74) is 5.23. The van der Waals surface area contributed by atoms with Crippen molar-refractivity contribution < 1.29 is 9.90 Å². The van der Waals surface area contributed by atoms with Gasteiger partial charge in [-0.05, 0) is 6.07 Å². The van der Waals surface area contributed by atoms with Gasteiger partial charge in [0.2, 0.25) is 0 Å². The average Bonchev–Trinajstić information content (AvgIpc) is 2.13. The Morgan fingerprint density at radius 3 is 3.00 bits per heavy atom. The van der Waals surface area contributed by atoms with Crippen molar-refractivity contribution in [1.29, 1.82) is 0 Å². The number of aliphatic carboxylic acids is 1. The molecule has 0 aliphatic heterocycles. The van der Waals surface area contributed by atoms with E-state index < -0.39 is 5.97 Å². The molecule has 0 atom stereocenters. The van der Waals surface area contributed by atoms with Gasteiger partial charge in [0.05, 0.1) is 0 Å². The van der Waals surface area contributed by atoms with E-state index in [1.807, 2.05) is 0 Å². The van der Waals surface area contributed by atoms with Crippen LogP contribution in [0.2, 0.25) is 0 Å². The molecule has 54 valence electrons. The van der Waals surface area contributed by atoms with Crippen molar-refractivity contribution in [3.05, 3.63) is 12.3 Å². The third kappa shape index (κ3) is 1.48. The number of aromatic nitrogens is 2. The maximum atomic E-state index is 10.1. The van der Waals surface area contributed by atoms with Crippen LogP contribution in [0.15, 0.2) is 12.3 Å². The monoisotopic (exact) mass is 141 g/mol. The van der Waals surface area contributed by atoms with Crippen molar-refractivity contribution in [2.24, 2.45) is 0 Å². The Morgan fingerprint density at radius 2 is 2.60 bits per heavy atom. The van der Waals surface area contributed by atoms with E-state index in [0.717, 1.165) is 0 Å². The van der Waals surface area contributed by atoms with Crippen molar-refractivity contribution in [3.63, 3.8) is 0 Å². The molecule has 1 heterocycles. The summed E-state index contributed by atoms with van der Waals surface area (Å²) in [6.45, 7) is -0.142. The summed E-state index contributed by atoms with van der Waals surface area (Å²) in [6.07, 6.45) is 1.52. The van der Waals surface area contributed by atoms with Crippen LogP contribution in [0, 0.1) is 0 Å². The van der Waals surface area contributed by atoms with E-state index >= 15 is 0 Å². The van der Waals surface area contributed by atoms with Crippen LogP contribution in [0.5, 0.6) is 0 Å². The first-order valence-electron chi connectivity index (χ1n) is 2.69. The minimum absolute atomic E-state index is 0.142. The van der Waals surface area contributed by atoms with Gasteiger partial charge in [-0.25, -0.2) is 0 Å². The van der Waals surface area contributed by atoms with Crippen LogP contribution in [0.25, 0.3) is 0 Å². The number of anilines is 1. The lowest BCUT2D eigenvalue weighted by atomic mass is 10.6. The van der Waals surface area contributed by atoms with Gasteiger partial charge in [-0.2, -0.15) is 5.10 Å². The molecule has 1 rings (SSSR count). The zero-order valence-electron chi connectivity index (χ0n) is 5.19. The molecule has 0 aromatic carbocycles. The van der Waals surface area contributed by atoms with Crippen molar-refractivity contribution in [3.8, 4) is 0 Å². The molecule has 0 bridgehead atoms. The second-order valence-corrected chi connectivity index (χ2v) is 1.83. The summed E-state index contributed by atoms with van der Waals surface area (Å²) in [6, 6.07) is 1.54. The Morgan fingerprint density at radius 1 is 1.90 bits per heavy atom. The predicted octanol–water partition coefficient (Wildman–Crippen LogP) is -0.450. The predicted molar refractivity (Wildman–Crippen MR) is 34.3 cm³/mol. The van der Waals surface area contributed by atoms with Gasteiger partial charge in [-0.1, -0.05) is 0 Å². The molecule has 1 aromatic rings. The Balaban J connectivity index is 2.67. The molecule has 0 aliphatic rings. The number of nitrogens with two attached hydrogens (primary N) is 1. The summed E-state index contributed by atoms with van der Waals surface area (Å²) in [5.74, 6) is -0.593. The number of nitrogen functional groups attached to an aromatic ring is 1. The van der Waals surface area contributed by atoms with Crippen LogP contribution in [-0.2, 0) is 11.3 Å². The minimum atomic E-state index is -0.928. The Hall–Kier alpha value is -1.52. The summed E-state index contributed by atoms with van der Waals surface area (Å²) in [4.78, 5) is 10.1. The number of carboxylic acids is 1. The maximum absolute atomic E-state index is 10.1. The van der Waals surface area contributed by atoms with Crippen molar-refractivity contribution in [1.82, 2.24) is 9.78 Å². The lowest BCUT2D eigenvalue weighted by Crippen LogP contribution is -2.09. The zero-order valence-corrected chi connectivity index (χ0v) is 5.19. The number of carbonyl (C=O) groups is 1. The second-order valence-electron chi connectivity index (χ2n) is 1.83. The number of nitrogens with zero attached hydrogens (tertiary/aromatic N) is 2. The Labute approximate surface area is 57.1 Å². The number of hydrogen-bond acceptors (Lipinski definition) is 3. The SMILES string of the molecule is Nc1ccn(CC(=O)O)n1. The highest BCUT2D eigenvalue weighted by atomic mass is 16.4. The molecule has 0 radical (unpaired) electrons. The van der Waals surface area contributed by atoms with Gasteiger partial charge in [-0.3, -0.25) is 9.48 Å². The van der Waals surface area contributed by atoms with E-state index in [2.05, 4.69) is 5.10 Å². The first-order chi connectivity index (χ1) is 4.68. The van der Waals surface area contributed by atoms with Gasteiger partial charge in [0, 0.05) is 6.20 Å². The first-order valence-corrected chi connectivity index (χ1v) is 2.69. The molecular weight excluding hydrogens is 134 g/mol. The molecule has 10 heavy (non-hydrogen) atoms. The lowest BCUT2D eigenvalue weighted by molar-refractivity contribution is -0.137. The topological polar surface area (TPSA) is 81.1 Å². The lowest BCUT2D eigenvalue weighted by Gasteiger charge is -1.92. The van der Waals surface area contributed by atoms with Crippen LogP contribution in [0.1, 0.15) is 0 Å². The van der Waals surface area contributed by atoms with Crippen LogP contribution >= 0.6 is 0 Å². The number of rotatable bonds is 2. The van der Waals surface area contributed by atoms with Gasteiger partial charge in [0.15, 0.2) is 0 Å². The standard InChI is InChI=1S/C5H7N3O2/c6-4-1-2-8(7-4)3-5(9)10/h1-2H,3H2,(H2,6,7)(H,9,10). The van der Waals surface area contributed by atoms with E-state index in [1.54, 1.807) is 6.07 Å². The highest BCUT2D eigenvalue weighted by molar-refractivity contribution is 5.66. The quantitative estimate of drug-likeness (QED) is 0.584. The minimum Gasteiger partial charge on any atom is -0.480 e. The van der Waals surface area contributed by atoms with Gasteiger partial charge in [0.1, 0.15) is 12.4 Å². The van der Waals surface area contributed by atoms with Gasteiger partial charge < -0.3 is 10.8 Å². The molecule has 0 aliphatic carbocycles. The number of hydrogen-bond donors (Lipinski definition) is 2. The van der Waals surface area contributed by atoms with Crippen LogP contribution in [0.4, 0.5) is 5.82 Å². The van der Waals surface area contributed by atoms with E-state index in [4.69, 9.17) is 10.8 Å². The van der Waals surface area contributed by atoms with Crippen molar-refractivity contribution in [2.45, 2.75) is 6.54 Å². The first kappa shape index (κ1) is 6.60. The molecule has 5 nitrogen and oxygen atoms in total. The summed E-state index contributed by atoms with van der Waals surface area (Å²) in [5, 5.41) is 11.9. The molecule has 5 heteroatoms. The zero-order chi connectivity index (χ0) is 7.56. The van der Waals surface area contributed by atoms with E-state index in [-0.39, 0.29) is 6.54 Å². The average molecular weight is 141 g/mol. The fourth-order valence-corrected chi connectivity index (χ4v) is 0.604. The molecule has 1 aromatic heterocycles. The Bertz CT molecular complexity index is 243. The van der Waals surface area contributed by atoms with Gasteiger partial charge >= 0.3 is 5.97 Å². The summed E-state index contributed by atoms with van der Waals surface area (Å²) >= 11 is 0. The molecule has 0 saturated heterocycles. The highest BCUT2D eigenvalue weighted by Gasteiger charge is 1.98. The smallest absolute Gasteiger partial charge is 0.325 e. The van der Waals surface area contributed by atoms with E-state index in [9.17, 15) is 4.79 Å². The van der Waals surface area contributed by atoms with Gasteiger partial charge in [0.25, 0.3) is 0 Å². The fraction of sp³-hybridized carbons (Fsp3) is 0.200. The Kier molecular flexibility index (Phi) is 1.57. The normalized spacial score (nSPS) is 9.60. The molecule has 0 unspecified atom stereocenters. The van der Waals surface area contributed by atoms with E-state index in [1.165, 1.54) is 10.9 Å². The van der Waals surface area contributed by atoms with E-state index in [0.29, 0.717) is 5.82 Å². The molecular formula is C5H7N3O2. The van der Waals surface area contributed by atoms with Crippen LogP contribution in [0.3, 0.4) is 0 Å². The molecule has 0 fully saturated rings.